The number of hydrogen-bond acceptors (Lipinski definition) is 6. The summed E-state index contributed by atoms with van der Waals surface area (Å²) < 4.78 is 9.15. The lowest BCUT2D eigenvalue weighted by atomic mass is 9.86. The zero-order chi connectivity index (χ0) is 21.5. The molecule has 0 spiro atoms. The fraction of sp³-hybridized carbons (Fsp3) is 0.318. The lowest BCUT2D eigenvalue weighted by molar-refractivity contribution is -0.116. The summed E-state index contributed by atoms with van der Waals surface area (Å²) in [5, 5.41) is 20.5. The molecule has 0 saturated heterocycles. The van der Waals surface area contributed by atoms with Crippen LogP contribution in [0.2, 0.25) is 0 Å². The molecule has 0 aliphatic carbocycles. The fourth-order valence-corrected chi connectivity index (χ4v) is 4.04. The van der Waals surface area contributed by atoms with Crippen molar-refractivity contribution in [3.05, 3.63) is 59.0 Å². The molecule has 1 aromatic carbocycles. The van der Waals surface area contributed by atoms with Crippen LogP contribution in [0.4, 0.5) is 5.82 Å². The third kappa shape index (κ3) is 3.31. The zero-order valence-corrected chi connectivity index (χ0v) is 17.7. The van der Waals surface area contributed by atoms with Crippen LogP contribution in [-0.4, -0.2) is 42.1 Å². The topological polar surface area (TPSA) is 99.2 Å². The Hall–Kier alpha value is -3.75. The maximum Gasteiger partial charge on any atom is 0.226 e. The van der Waals surface area contributed by atoms with E-state index < -0.39 is 0 Å². The van der Waals surface area contributed by atoms with E-state index in [1.54, 1.807) is 9.20 Å². The number of fused-ring (bicyclic) bond motifs is 2. The van der Waals surface area contributed by atoms with Crippen molar-refractivity contribution in [2.45, 2.75) is 39.5 Å². The van der Waals surface area contributed by atoms with Crippen LogP contribution in [0, 0.1) is 13.8 Å². The van der Waals surface area contributed by atoms with Crippen molar-refractivity contribution in [3.63, 3.8) is 0 Å². The Labute approximate surface area is 179 Å². The van der Waals surface area contributed by atoms with E-state index in [2.05, 4.69) is 27.5 Å². The summed E-state index contributed by atoms with van der Waals surface area (Å²) in [7, 11) is 0. The molecule has 0 bridgehead atoms. The molecule has 1 amide bonds. The van der Waals surface area contributed by atoms with Crippen molar-refractivity contribution in [2.75, 3.05) is 11.9 Å². The number of carbonyl (C=O) groups excluding carboxylic acids is 1. The van der Waals surface area contributed by atoms with Gasteiger partial charge >= 0.3 is 0 Å². The Kier molecular flexibility index (Phi) is 4.65. The average molecular weight is 417 g/mol. The largest absolute Gasteiger partial charge is 0.494 e. The van der Waals surface area contributed by atoms with Gasteiger partial charge in [0.15, 0.2) is 17.3 Å². The summed E-state index contributed by atoms with van der Waals surface area (Å²) in [5.41, 5.74) is 3.53. The van der Waals surface area contributed by atoms with Crippen LogP contribution in [0.3, 0.4) is 0 Å². The van der Waals surface area contributed by atoms with Gasteiger partial charge in [0.05, 0.1) is 12.3 Å². The van der Waals surface area contributed by atoms with Gasteiger partial charge in [0.1, 0.15) is 11.6 Å². The molecule has 9 nitrogen and oxygen atoms in total. The molecular formula is C22H23N7O2. The summed E-state index contributed by atoms with van der Waals surface area (Å²) in [6.07, 6.45) is 1.29. The van der Waals surface area contributed by atoms with Gasteiger partial charge in [0, 0.05) is 17.9 Å². The SMILES string of the molecule is CCCOc1cccc(C2CC(=O)Nc3c2c(C)nn3-c2ccc3nnc(C)n3n2)c1. The molecule has 5 rings (SSSR count). The average Bonchev–Trinajstić information content (AvgIpc) is 3.31. The van der Waals surface area contributed by atoms with Crippen molar-refractivity contribution < 1.29 is 9.53 Å². The minimum atomic E-state index is -0.108. The number of aryl methyl sites for hydroxylation is 2. The highest BCUT2D eigenvalue weighted by Crippen LogP contribution is 2.40. The molecule has 1 N–H and O–H groups in total. The van der Waals surface area contributed by atoms with E-state index in [9.17, 15) is 4.79 Å². The first-order chi connectivity index (χ1) is 15.0. The fourth-order valence-electron chi connectivity index (χ4n) is 4.04. The van der Waals surface area contributed by atoms with Gasteiger partial charge in [-0.25, -0.2) is 0 Å². The third-order valence-electron chi connectivity index (χ3n) is 5.46. The smallest absolute Gasteiger partial charge is 0.226 e. The Balaban J connectivity index is 1.60. The molecule has 0 saturated carbocycles. The molecule has 158 valence electrons. The molecule has 31 heavy (non-hydrogen) atoms. The Morgan fingerprint density at radius 1 is 1.16 bits per heavy atom. The summed E-state index contributed by atoms with van der Waals surface area (Å²) >= 11 is 0. The van der Waals surface area contributed by atoms with Crippen LogP contribution in [0.5, 0.6) is 5.75 Å². The summed E-state index contributed by atoms with van der Waals surface area (Å²) in [4.78, 5) is 12.7. The number of anilines is 1. The van der Waals surface area contributed by atoms with Gasteiger partial charge in [-0.05, 0) is 50.1 Å². The van der Waals surface area contributed by atoms with Crippen molar-refractivity contribution in [1.82, 2.24) is 29.6 Å². The van der Waals surface area contributed by atoms with E-state index in [4.69, 9.17) is 9.84 Å². The van der Waals surface area contributed by atoms with E-state index in [1.165, 1.54) is 0 Å². The predicted octanol–water partition coefficient (Wildman–Crippen LogP) is 3.19. The second-order valence-corrected chi connectivity index (χ2v) is 7.69. The molecular weight excluding hydrogens is 394 g/mol. The van der Waals surface area contributed by atoms with Crippen molar-refractivity contribution in [1.29, 1.82) is 0 Å². The van der Waals surface area contributed by atoms with E-state index in [1.807, 2.05) is 50.2 Å². The molecule has 0 radical (unpaired) electrons. The first kappa shape index (κ1) is 19.2. The number of hydrogen-bond donors (Lipinski definition) is 1. The highest BCUT2D eigenvalue weighted by atomic mass is 16.5. The zero-order valence-electron chi connectivity index (χ0n) is 17.7. The van der Waals surface area contributed by atoms with Crippen molar-refractivity contribution in [3.8, 4) is 11.6 Å². The predicted molar refractivity (Wildman–Crippen MR) is 115 cm³/mol. The van der Waals surface area contributed by atoms with Crippen molar-refractivity contribution >= 4 is 17.4 Å². The van der Waals surface area contributed by atoms with Gasteiger partial charge in [0.2, 0.25) is 5.91 Å². The van der Waals surface area contributed by atoms with E-state index >= 15 is 0 Å². The molecule has 1 unspecified atom stereocenters. The van der Waals surface area contributed by atoms with E-state index in [-0.39, 0.29) is 11.8 Å². The number of carbonyl (C=O) groups is 1. The lowest BCUT2D eigenvalue weighted by Crippen LogP contribution is -2.25. The molecule has 1 aliphatic heterocycles. The highest BCUT2D eigenvalue weighted by Gasteiger charge is 2.33. The molecule has 1 aliphatic rings. The molecule has 4 heterocycles. The van der Waals surface area contributed by atoms with Crippen LogP contribution >= 0.6 is 0 Å². The number of amides is 1. The minimum absolute atomic E-state index is 0.0555. The first-order valence-electron chi connectivity index (χ1n) is 10.4. The number of benzene rings is 1. The minimum Gasteiger partial charge on any atom is -0.494 e. The van der Waals surface area contributed by atoms with Gasteiger partial charge < -0.3 is 10.1 Å². The number of nitrogens with zero attached hydrogens (tertiary/aromatic N) is 6. The molecule has 0 fully saturated rings. The van der Waals surface area contributed by atoms with E-state index in [0.717, 1.165) is 29.0 Å². The lowest BCUT2D eigenvalue weighted by Gasteiger charge is -2.24. The second-order valence-electron chi connectivity index (χ2n) is 7.69. The summed E-state index contributed by atoms with van der Waals surface area (Å²) in [6, 6.07) is 11.6. The van der Waals surface area contributed by atoms with Gasteiger partial charge in [-0.15, -0.1) is 15.3 Å². The maximum absolute atomic E-state index is 12.7. The van der Waals surface area contributed by atoms with Gasteiger partial charge in [-0.2, -0.15) is 14.3 Å². The molecule has 4 aromatic rings. The van der Waals surface area contributed by atoms with Gasteiger partial charge in [-0.3, -0.25) is 4.79 Å². The highest BCUT2D eigenvalue weighted by molar-refractivity contribution is 5.95. The Bertz CT molecular complexity index is 1290. The first-order valence-corrected chi connectivity index (χ1v) is 10.4. The van der Waals surface area contributed by atoms with Gasteiger partial charge in [0.25, 0.3) is 0 Å². The quantitative estimate of drug-likeness (QED) is 0.535. The van der Waals surface area contributed by atoms with Crippen LogP contribution < -0.4 is 10.1 Å². The van der Waals surface area contributed by atoms with Crippen molar-refractivity contribution in [2.24, 2.45) is 0 Å². The van der Waals surface area contributed by atoms with Gasteiger partial charge in [-0.1, -0.05) is 19.1 Å². The van der Waals surface area contributed by atoms with Crippen LogP contribution in [0.25, 0.3) is 11.5 Å². The molecule has 1 atom stereocenters. The Morgan fingerprint density at radius 3 is 2.87 bits per heavy atom. The number of ether oxygens (including phenoxy) is 1. The normalized spacial score (nSPS) is 15.7. The monoisotopic (exact) mass is 417 g/mol. The number of aromatic nitrogens is 6. The summed E-state index contributed by atoms with van der Waals surface area (Å²) in [6.45, 7) is 6.53. The Morgan fingerprint density at radius 2 is 2.03 bits per heavy atom. The van der Waals surface area contributed by atoms with Crippen LogP contribution in [0.15, 0.2) is 36.4 Å². The second kappa shape index (κ2) is 7.50. The van der Waals surface area contributed by atoms with Crippen LogP contribution in [0.1, 0.15) is 48.3 Å². The van der Waals surface area contributed by atoms with E-state index in [0.29, 0.717) is 36.1 Å². The van der Waals surface area contributed by atoms with Crippen LogP contribution in [-0.2, 0) is 4.79 Å². The molecule has 3 aromatic heterocycles. The number of rotatable bonds is 5. The number of nitrogens with one attached hydrogen (secondary N) is 1. The third-order valence-corrected chi connectivity index (χ3v) is 5.46. The molecule has 9 heteroatoms. The standard InChI is InChI=1S/C22H23N7O2/c1-4-10-31-16-7-5-6-15(11-16)17-12-20(30)23-22-21(17)13(2)26-29(22)19-9-8-18-25-24-14(3)28(18)27-19/h5-9,11,17H,4,10,12H2,1-3H3,(H,23,30). The summed E-state index contributed by atoms with van der Waals surface area (Å²) in [5.74, 6) is 2.56. The maximum atomic E-state index is 12.7.